The second-order valence-electron chi connectivity index (χ2n) is 5.51. The maximum absolute atomic E-state index is 11.9. The molecule has 1 aliphatic rings. The van der Waals surface area contributed by atoms with E-state index in [4.69, 9.17) is 0 Å². The van der Waals surface area contributed by atoms with E-state index in [1.165, 1.54) is 0 Å². The average molecular weight is 227 g/mol. The van der Waals surface area contributed by atoms with Crippen molar-refractivity contribution in [2.45, 2.75) is 46.2 Å². The molecule has 0 aromatic carbocycles. The highest BCUT2D eigenvalue weighted by molar-refractivity contribution is 5.82. The van der Waals surface area contributed by atoms with Gasteiger partial charge in [-0.25, -0.2) is 0 Å². The van der Waals surface area contributed by atoms with Crippen LogP contribution in [0.4, 0.5) is 0 Å². The van der Waals surface area contributed by atoms with Gasteiger partial charge in [0.1, 0.15) is 0 Å². The van der Waals surface area contributed by atoms with Gasteiger partial charge in [-0.2, -0.15) is 0 Å². The van der Waals surface area contributed by atoms with E-state index in [0.717, 1.165) is 26.1 Å². The Bertz CT molecular complexity index is 232. The zero-order valence-corrected chi connectivity index (χ0v) is 10.9. The molecule has 4 heteroatoms. The molecule has 16 heavy (non-hydrogen) atoms. The van der Waals surface area contributed by atoms with Crippen molar-refractivity contribution in [2.24, 2.45) is 5.41 Å². The van der Waals surface area contributed by atoms with Crippen molar-refractivity contribution in [1.82, 2.24) is 16.0 Å². The number of carbonyl (C=O) groups is 1. The first-order valence-corrected chi connectivity index (χ1v) is 6.19. The van der Waals surface area contributed by atoms with Crippen LogP contribution in [0, 0.1) is 5.41 Å². The Kier molecular flexibility index (Phi) is 4.74. The van der Waals surface area contributed by atoms with Crippen LogP contribution >= 0.6 is 0 Å². The lowest BCUT2D eigenvalue weighted by atomic mass is 9.90. The molecule has 0 saturated carbocycles. The molecular formula is C12H25N3O. The van der Waals surface area contributed by atoms with Gasteiger partial charge >= 0.3 is 0 Å². The lowest BCUT2D eigenvalue weighted by molar-refractivity contribution is -0.123. The number of hydrogen-bond donors (Lipinski definition) is 3. The minimum Gasteiger partial charge on any atom is -0.354 e. The molecule has 94 valence electrons. The van der Waals surface area contributed by atoms with Gasteiger partial charge in [0.25, 0.3) is 0 Å². The molecule has 0 radical (unpaired) electrons. The van der Waals surface area contributed by atoms with E-state index >= 15 is 0 Å². The van der Waals surface area contributed by atoms with Crippen LogP contribution in [-0.2, 0) is 4.79 Å². The van der Waals surface area contributed by atoms with Crippen LogP contribution in [0.1, 0.15) is 34.1 Å². The van der Waals surface area contributed by atoms with Crippen molar-refractivity contribution >= 4 is 5.91 Å². The molecule has 1 amide bonds. The standard InChI is InChI=1S/C12H25N3O/c1-5-12(3,4)8-15-11(16)10-7-13-9(2)6-14-10/h9-10,13-14H,5-8H2,1-4H3,(H,15,16). The van der Waals surface area contributed by atoms with Gasteiger partial charge in [0, 0.05) is 25.7 Å². The number of carbonyl (C=O) groups excluding carboxylic acids is 1. The lowest BCUT2D eigenvalue weighted by Crippen LogP contribution is -2.59. The third kappa shape index (κ3) is 4.10. The fourth-order valence-corrected chi connectivity index (χ4v) is 1.54. The highest BCUT2D eigenvalue weighted by atomic mass is 16.2. The van der Waals surface area contributed by atoms with Gasteiger partial charge in [-0.15, -0.1) is 0 Å². The highest BCUT2D eigenvalue weighted by Gasteiger charge is 2.24. The second-order valence-corrected chi connectivity index (χ2v) is 5.51. The molecule has 0 aliphatic carbocycles. The summed E-state index contributed by atoms with van der Waals surface area (Å²) in [6.07, 6.45) is 1.07. The zero-order chi connectivity index (χ0) is 12.2. The summed E-state index contributed by atoms with van der Waals surface area (Å²) in [6, 6.07) is 0.375. The third-order valence-electron chi connectivity index (χ3n) is 3.36. The first-order valence-electron chi connectivity index (χ1n) is 6.19. The topological polar surface area (TPSA) is 53.2 Å². The summed E-state index contributed by atoms with van der Waals surface area (Å²) in [5.74, 6) is 0.112. The van der Waals surface area contributed by atoms with Crippen LogP contribution in [-0.4, -0.2) is 37.6 Å². The minimum atomic E-state index is -0.0798. The predicted octanol–water partition coefficient (Wildman–Crippen LogP) is 0.489. The lowest BCUT2D eigenvalue weighted by Gasteiger charge is -2.30. The fraction of sp³-hybridized carbons (Fsp3) is 0.917. The van der Waals surface area contributed by atoms with Crippen molar-refractivity contribution in [3.63, 3.8) is 0 Å². The van der Waals surface area contributed by atoms with E-state index < -0.39 is 0 Å². The van der Waals surface area contributed by atoms with Gasteiger partial charge in [0.15, 0.2) is 0 Å². The molecule has 1 saturated heterocycles. The Morgan fingerprint density at radius 1 is 1.38 bits per heavy atom. The van der Waals surface area contributed by atoms with Crippen molar-refractivity contribution in [1.29, 1.82) is 0 Å². The van der Waals surface area contributed by atoms with E-state index in [-0.39, 0.29) is 17.4 Å². The predicted molar refractivity (Wildman–Crippen MR) is 66.3 cm³/mol. The van der Waals surface area contributed by atoms with Crippen LogP contribution in [0.3, 0.4) is 0 Å². The van der Waals surface area contributed by atoms with Crippen molar-refractivity contribution in [2.75, 3.05) is 19.6 Å². The Morgan fingerprint density at radius 3 is 2.56 bits per heavy atom. The van der Waals surface area contributed by atoms with Crippen LogP contribution in [0.15, 0.2) is 0 Å². The number of piperazine rings is 1. The number of nitrogens with one attached hydrogen (secondary N) is 3. The molecule has 1 rings (SSSR count). The molecule has 1 heterocycles. The SMILES string of the molecule is CCC(C)(C)CNC(=O)C1CNC(C)CN1. The van der Waals surface area contributed by atoms with Gasteiger partial charge < -0.3 is 16.0 Å². The summed E-state index contributed by atoms with van der Waals surface area (Å²) in [5, 5.41) is 9.57. The van der Waals surface area contributed by atoms with Gasteiger partial charge in [0.2, 0.25) is 5.91 Å². The van der Waals surface area contributed by atoms with E-state index in [1.807, 2.05) is 0 Å². The van der Waals surface area contributed by atoms with Crippen molar-refractivity contribution < 1.29 is 4.79 Å². The van der Waals surface area contributed by atoms with E-state index in [1.54, 1.807) is 0 Å². The molecule has 0 bridgehead atoms. The Morgan fingerprint density at radius 2 is 2.06 bits per heavy atom. The fourth-order valence-electron chi connectivity index (χ4n) is 1.54. The Labute approximate surface area is 98.6 Å². The summed E-state index contributed by atoms with van der Waals surface area (Å²) in [4.78, 5) is 11.9. The first kappa shape index (κ1) is 13.5. The zero-order valence-electron chi connectivity index (χ0n) is 10.9. The van der Waals surface area contributed by atoms with Gasteiger partial charge in [-0.05, 0) is 18.8 Å². The Hall–Kier alpha value is -0.610. The van der Waals surface area contributed by atoms with Gasteiger partial charge in [-0.3, -0.25) is 4.79 Å². The van der Waals surface area contributed by atoms with Crippen molar-refractivity contribution in [3.05, 3.63) is 0 Å². The average Bonchev–Trinajstić information content (AvgIpc) is 2.27. The summed E-state index contributed by atoms with van der Waals surface area (Å²) in [7, 11) is 0. The van der Waals surface area contributed by atoms with Crippen molar-refractivity contribution in [3.8, 4) is 0 Å². The van der Waals surface area contributed by atoms with Crippen LogP contribution in [0.25, 0.3) is 0 Å². The van der Waals surface area contributed by atoms with E-state index in [9.17, 15) is 4.79 Å². The van der Waals surface area contributed by atoms with Gasteiger partial charge in [0.05, 0.1) is 6.04 Å². The number of rotatable bonds is 4. The monoisotopic (exact) mass is 227 g/mol. The molecule has 0 spiro atoms. The molecule has 2 unspecified atom stereocenters. The second kappa shape index (κ2) is 5.64. The molecule has 0 aromatic heterocycles. The maximum Gasteiger partial charge on any atom is 0.238 e. The van der Waals surface area contributed by atoms with Gasteiger partial charge in [-0.1, -0.05) is 20.8 Å². The molecule has 0 aromatic rings. The summed E-state index contributed by atoms with van der Waals surface area (Å²) < 4.78 is 0. The molecule has 4 nitrogen and oxygen atoms in total. The molecule has 3 N–H and O–H groups in total. The normalized spacial score (nSPS) is 26.5. The first-order chi connectivity index (χ1) is 7.44. The molecule has 1 fully saturated rings. The molecule has 1 aliphatic heterocycles. The molecule has 2 atom stereocenters. The maximum atomic E-state index is 11.9. The summed E-state index contributed by atoms with van der Waals surface area (Å²) in [6.45, 7) is 10.9. The summed E-state index contributed by atoms with van der Waals surface area (Å²) in [5.41, 5.74) is 0.186. The largest absolute Gasteiger partial charge is 0.354 e. The van der Waals surface area contributed by atoms with Crippen LogP contribution in [0.2, 0.25) is 0 Å². The third-order valence-corrected chi connectivity index (χ3v) is 3.36. The summed E-state index contributed by atoms with van der Waals surface area (Å²) >= 11 is 0. The van der Waals surface area contributed by atoms with E-state index in [0.29, 0.717) is 6.04 Å². The number of amides is 1. The number of hydrogen-bond acceptors (Lipinski definition) is 3. The smallest absolute Gasteiger partial charge is 0.238 e. The Balaban J connectivity index is 2.30. The van der Waals surface area contributed by atoms with Crippen LogP contribution < -0.4 is 16.0 Å². The van der Waals surface area contributed by atoms with E-state index in [2.05, 4.69) is 43.6 Å². The minimum absolute atomic E-state index is 0.0798. The quantitative estimate of drug-likeness (QED) is 0.655. The molecular weight excluding hydrogens is 202 g/mol. The van der Waals surface area contributed by atoms with Crippen LogP contribution in [0.5, 0.6) is 0 Å². The highest BCUT2D eigenvalue weighted by Crippen LogP contribution is 2.17.